The SMILES string of the molecule is Cl.Cl.NCCCN1c2ccc(C(=O)CNC3CCCCC3)cc2Sc2cc(N3CCN(CCN)CC3)ccc21. The average Bonchev–Trinajstić information content (AvgIpc) is 2.94. The van der Waals surface area contributed by atoms with E-state index in [0.717, 1.165) is 56.1 Å². The van der Waals surface area contributed by atoms with E-state index in [1.807, 2.05) is 6.07 Å². The first-order valence-corrected chi connectivity index (χ1v) is 14.9. The summed E-state index contributed by atoms with van der Waals surface area (Å²) in [5, 5.41) is 3.51. The van der Waals surface area contributed by atoms with Crippen molar-refractivity contribution in [2.75, 3.05) is 68.7 Å². The van der Waals surface area contributed by atoms with Crippen LogP contribution in [0, 0.1) is 0 Å². The summed E-state index contributed by atoms with van der Waals surface area (Å²) < 4.78 is 0. The van der Waals surface area contributed by atoms with Crippen molar-refractivity contribution in [2.45, 2.75) is 54.4 Å². The molecule has 216 valence electrons. The number of carbonyl (C=O) groups excluding carboxylic acids is 1. The van der Waals surface area contributed by atoms with Crippen LogP contribution in [0.1, 0.15) is 48.9 Å². The number of ketones is 1. The Morgan fingerprint density at radius 2 is 1.56 bits per heavy atom. The van der Waals surface area contributed by atoms with Gasteiger partial charge in [-0.05, 0) is 62.2 Å². The van der Waals surface area contributed by atoms with Crippen LogP contribution in [0.2, 0.25) is 0 Å². The van der Waals surface area contributed by atoms with Crippen LogP contribution in [0.5, 0.6) is 0 Å². The number of halogens is 2. The molecule has 2 fully saturated rings. The van der Waals surface area contributed by atoms with Gasteiger partial charge in [0.15, 0.2) is 5.78 Å². The summed E-state index contributed by atoms with van der Waals surface area (Å²) >= 11 is 1.79. The Bertz CT molecular complexity index is 1080. The first-order chi connectivity index (χ1) is 18.2. The average molecular weight is 596 g/mol. The molecule has 2 heterocycles. The summed E-state index contributed by atoms with van der Waals surface area (Å²) in [6.45, 7) is 7.76. The van der Waals surface area contributed by atoms with Gasteiger partial charge < -0.3 is 26.6 Å². The van der Waals surface area contributed by atoms with Crippen molar-refractivity contribution in [3.8, 4) is 0 Å². The van der Waals surface area contributed by atoms with Gasteiger partial charge in [-0.2, -0.15) is 0 Å². The molecule has 0 amide bonds. The van der Waals surface area contributed by atoms with Gasteiger partial charge in [0.2, 0.25) is 0 Å². The van der Waals surface area contributed by atoms with Crippen molar-refractivity contribution in [1.29, 1.82) is 0 Å². The van der Waals surface area contributed by atoms with Crippen LogP contribution in [-0.4, -0.2) is 75.6 Å². The third-order valence-corrected chi connectivity index (χ3v) is 9.05. The number of rotatable bonds is 10. The van der Waals surface area contributed by atoms with Gasteiger partial charge in [-0.15, -0.1) is 24.8 Å². The molecule has 1 saturated carbocycles. The Kier molecular flexibility index (Phi) is 12.7. The molecule has 2 aliphatic heterocycles. The number of Topliss-reactive ketones (excluding diaryl/α,β-unsaturated/α-hetero) is 1. The summed E-state index contributed by atoms with van der Waals surface area (Å²) in [5.74, 6) is 0.178. The van der Waals surface area contributed by atoms with E-state index in [1.165, 1.54) is 54.1 Å². The van der Waals surface area contributed by atoms with Gasteiger partial charge in [0.1, 0.15) is 0 Å². The number of nitrogens with zero attached hydrogens (tertiary/aromatic N) is 3. The second-order valence-electron chi connectivity index (χ2n) is 10.5. The number of hydrogen-bond donors (Lipinski definition) is 3. The molecule has 2 aromatic carbocycles. The van der Waals surface area contributed by atoms with E-state index in [2.05, 4.69) is 50.3 Å². The molecule has 0 spiro atoms. The molecule has 1 aliphatic carbocycles. The quantitative estimate of drug-likeness (QED) is 0.342. The van der Waals surface area contributed by atoms with E-state index in [9.17, 15) is 4.79 Å². The molecule has 0 atom stereocenters. The molecular formula is C29H44Cl2N6OS. The second kappa shape index (κ2) is 15.5. The topological polar surface area (TPSA) is 90.9 Å². The van der Waals surface area contributed by atoms with Crippen LogP contribution in [-0.2, 0) is 0 Å². The molecule has 3 aliphatic rings. The Hall–Kier alpha value is -1.52. The van der Waals surface area contributed by atoms with E-state index in [0.29, 0.717) is 25.7 Å². The molecule has 0 aromatic heterocycles. The lowest BCUT2D eigenvalue weighted by Crippen LogP contribution is -2.47. The normalized spacial score (nSPS) is 17.6. The predicted molar refractivity (Wildman–Crippen MR) is 169 cm³/mol. The van der Waals surface area contributed by atoms with E-state index in [1.54, 1.807) is 11.8 Å². The monoisotopic (exact) mass is 594 g/mol. The van der Waals surface area contributed by atoms with Crippen molar-refractivity contribution in [3.63, 3.8) is 0 Å². The highest BCUT2D eigenvalue weighted by Gasteiger charge is 2.26. The third-order valence-electron chi connectivity index (χ3n) is 7.95. The molecule has 0 unspecified atom stereocenters. The van der Waals surface area contributed by atoms with Crippen LogP contribution in [0.15, 0.2) is 46.2 Å². The summed E-state index contributed by atoms with van der Waals surface area (Å²) in [6.07, 6.45) is 7.15. The fourth-order valence-corrected chi connectivity index (χ4v) is 6.96. The molecule has 0 radical (unpaired) electrons. The molecule has 2 aromatic rings. The van der Waals surface area contributed by atoms with Gasteiger partial charge in [0.05, 0.1) is 17.9 Å². The van der Waals surface area contributed by atoms with Gasteiger partial charge in [-0.25, -0.2) is 0 Å². The van der Waals surface area contributed by atoms with Gasteiger partial charge >= 0.3 is 0 Å². The Morgan fingerprint density at radius 3 is 2.26 bits per heavy atom. The zero-order valence-electron chi connectivity index (χ0n) is 22.8. The van der Waals surface area contributed by atoms with E-state index >= 15 is 0 Å². The molecule has 5 rings (SSSR count). The maximum atomic E-state index is 13.1. The van der Waals surface area contributed by atoms with E-state index in [-0.39, 0.29) is 30.6 Å². The number of nitrogens with two attached hydrogens (primary N) is 2. The second-order valence-corrected chi connectivity index (χ2v) is 11.6. The number of fused-ring (bicyclic) bond motifs is 2. The summed E-state index contributed by atoms with van der Waals surface area (Å²) in [4.78, 5) is 22.8. The predicted octanol–water partition coefficient (Wildman–Crippen LogP) is 4.67. The number of piperazine rings is 1. The number of hydrogen-bond acceptors (Lipinski definition) is 8. The number of nitrogens with one attached hydrogen (secondary N) is 1. The number of benzene rings is 2. The Morgan fingerprint density at radius 1 is 0.872 bits per heavy atom. The highest BCUT2D eigenvalue weighted by Crippen LogP contribution is 2.49. The van der Waals surface area contributed by atoms with Crippen LogP contribution in [0.4, 0.5) is 17.1 Å². The maximum Gasteiger partial charge on any atom is 0.176 e. The standard InChI is InChI=1S/C29H42N6OS.2ClH/c30-11-4-13-35-25-9-7-22(27(36)21-32-23-5-2-1-3-6-23)19-28(25)37-29-20-24(8-10-26(29)35)34-17-15-33(14-12-31)16-18-34;;/h7-10,19-20,23,32H,1-6,11-18,21,30-31H2;2*1H. The van der Waals surface area contributed by atoms with E-state index in [4.69, 9.17) is 11.5 Å². The Labute approximate surface area is 250 Å². The van der Waals surface area contributed by atoms with Crippen molar-refractivity contribution in [2.24, 2.45) is 11.5 Å². The lowest BCUT2D eigenvalue weighted by molar-refractivity contribution is 0.0984. The van der Waals surface area contributed by atoms with Crippen molar-refractivity contribution in [3.05, 3.63) is 42.0 Å². The number of anilines is 3. The lowest BCUT2D eigenvalue weighted by atomic mass is 9.95. The zero-order chi connectivity index (χ0) is 25.6. The van der Waals surface area contributed by atoms with Crippen LogP contribution < -0.4 is 26.6 Å². The molecule has 39 heavy (non-hydrogen) atoms. The van der Waals surface area contributed by atoms with Crippen LogP contribution >= 0.6 is 36.6 Å². The Balaban J connectivity index is 0.00000210. The van der Waals surface area contributed by atoms with Gasteiger partial charge in [-0.3, -0.25) is 9.69 Å². The van der Waals surface area contributed by atoms with Gasteiger partial charge in [0, 0.05) is 72.9 Å². The lowest BCUT2D eigenvalue weighted by Gasteiger charge is -2.37. The fraction of sp³-hybridized carbons (Fsp3) is 0.552. The summed E-state index contributed by atoms with van der Waals surface area (Å²) in [5.41, 5.74) is 16.1. The molecular weight excluding hydrogens is 551 g/mol. The molecule has 1 saturated heterocycles. The summed E-state index contributed by atoms with van der Waals surface area (Å²) in [6, 6.07) is 13.6. The summed E-state index contributed by atoms with van der Waals surface area (Å²) in [7, 11) is 0. The largest absolute Gasteiger partial charge is 0.369 e. The zero-order valence-corrected chi connectivity index (χ0v) is 25.2. The highest BCUT2D eigenvalue weighted by atomic mass is 35.5. The molecule has 0 bridgehead atoms. The fourth-order valence-electron chi connectivity index (χ4n) is 5.79. The van der Waals surface area contributed by atoms with Gasteiger partial charge in [-0.1, -0.05) is 31.0 Å². The smallest absolute Gasteiger partial charge is 0.176 e. The minimum atomic E-state index is 0. The van der Waals surface area contributed by atoms with Crippen molar-refractivity contribution in [1.82, 2.24) is 10.2 Å². The van der Waals surface area contributed by atoms with Crippen molar-refractivity contribution >= 4 is 59.4 Å². The van der Waals surface area contributed by atoms with Crippen LogP contribution in [0.3, 0.4) is 0 Å². The van der Waals surface area contributed by atoms with E-state index < -0.39 is 0 Å². The molecule has 5 N–H and O–H groups in total. The molecule has 10 heteroatoms. The minimum Gasteiger partial charge on any atom is -0.369 e. The highest BCUT2D eigenvalue weighted by molar-refractivity contribution is 7.99. The first kappa shape index (κ1) is 32.0. The van der Waals surface area contributed by atoms with Crippen LogP contribution in [0.25, 0.3) is 0 Å². The van der Waals surface area contributed by atoms with Gasteiger partial charge in [0.25, 0.3) is 0 Å². The third kappa shape index (κ3) is 7.82. The molecule has 7 nitrogen and oxygen atoms in total. The van der Waals surface area contributed by atoms with Crippen molar-refractivity contribution < 1.29 is 4.79 Å². The number of carbonyl (C=O) groups is 1. The maximum absolute atomic E-state index is 13.1. The first-order valence-electron chi connectivity index (χ1n) is 14.0. The minimum absolute atomic E-state index is 0.